The number of ether oxygens (including phenoxy) is 4. The lowest BCUT2D eigenvalue weighted by molar-refractivity contribution is -0.124. The van der Waals surface area contributed by atoms with Gasteiger partial charge in [-0.25, -0.2) is 9.18 Å². The number of fused-ring (bicyclic) bond motifs is 1. The molecule has 1 aliphatic rings. The van der Waals surface area contributed by atoms with E-state index in [9.17, 15) is 14.0 Å². The predicted octanol–water partition coefficient (Wildman–Crippen LogP) is 1.95. The van der Waals surface area contributed by atoms with E-state index in [4.69, 9.17) is 18.9 Å². The van der Waals surface area contributed by atoms with Gasteiger partial charge in [-0.1, -0.05) is 12.1 Å². The summed E-state index contributed by atoms with van der Waals surface area (Å²) in [6.07, 6.45) is -0.352. The van der Waals surface area contributed by atoms with E-state index in [1.165, 1.54) is 19.2 Å². The molecule has 0 saturated carbocycles. The predicted molar refractivity (Wildman–Crippen MR) is 92.6 cm³/mol. The fraction of sp³-hybridized carbons (Fsp3) is 0.263. The standard InChI is InChI=1S/C19H18FNO6/c1-24-15-7-6-12(8-14(15)20)19(23)26-11-18(22)21-9-13-10-25-16-4-2-3-5-17(16)27-13/h2-8,13H,9-11H2,1H3,(H,21,22). The van der Waals surface area contributed by atoms with Crippen molar-refractivity contribution in [1.29, 1.82) is 0 Å². The topological polar surface area (TPSA) is 83.1 Å². The second kappa shape index (κ2) is 8.39. The van der Waals surface area contributed by atoms with Gasteiger partial charge in [-0.3, -0.25) is 4.79 Å². The van der Waals surface area contributed by atoms with Crippen LogP contribution in [0.25, 0.3) is 0 Å². The average molecular weight is 375 g/mol. The van der Waals surface area contributed by atoms with Crippen LogP contribution in [0.3, 0.4) is 0 Å². The van der Waals surface area contributed by atoms with Gasteiger partial charge >= 0.3 is 5.97 Å². The maximum Gasteiger partial charge on any atom is 0.338 e. The quantitative estimate of drug-likeness (QED) is 0.777. The number of carbonyl (C=O) groups excluding carboxylic acids is 2. The highest BCUT2D eigenvalue weighted by Gasteiger charge is 2.21. The Balaban J connectivity index is 1.43. The minimum atomic E-state index is -0.808. The van der Waals surface area contributed by atoms with E-state index in [1.807, 2.05) is 12.1 Å². The summed E-state index contributed by atoms with van der Waals surface area (Å²) in [7, 11) is 1.32. The maximum absolute atomic E-state index is 13.6. The number of para-hydroxylation sites is 2. The Labute approximate surface area is 155 Å². The first kappa shape index (κ1) is 18.5. The van der Waals surface area contributed by atoms with Crippen LogP contribution in [0.2, 0.25) is 0 Å². The molecule has 0 spiro atoms. The van der Waals surface area contributed by atoms with Gasteiger partial charge in [-0.15, -0.1) is 0 Å². The molecule has 1 N–H and O–H groups in total. The molecule has 1 amide bonds. The molecule has 0 aliphatic carbocycles. The molecule has 2 aromatic rings. The van der Waals surface area contributed by atoms with Crippen LogP contribution in [0.5, 0.6) is 17.2 Å². The average Bonchev–Trinajstić information content (AvgIpc) is 2.70. The van der Waals surface area contributed by atoms with E-state index in [2.05, 4.69) is 5.32 Å². The van der Waals surface area contributed by atoms with Crippen LogP contribution in [-0.4, -0.2) is 44.8 Å². The number of nitrogens with one attached hydrogen (secondary N) is 1. The number of esters is 1. The van der Waals surface area contributed by atoms with Crippen LogP contribution in [0.4, 0.5) is 4.39 Å². The van der Waals surface area contributed by atoms with Gasteiger partial charge in [0.15, 0.2) is 29.7 Å². The molecule has 1 unspecified atom stereocenters. The molecule has 1 heterocycles. The molecule has 1 atom stereocenters. The molecule has 0 radical (unpaired) electrons. The summed E-state index contributed by atoms with van der Waals surface area (Å²) in [6.45, 7) is 0.000728. The number of benzene rings is 2. The normalized spacial score (nSPS) is 15.0. The molecule has 0 bridgehead atoms. The van der Waals surface area contributed by atoms with Gasteiger partial charge < -0.3 is 24.3 Å². The Morgan fingerprint density at radius 1 is 1.22 bits per heavy atom. The summed E-state index contributed by atoms with van der Waals surface area (Å²) in [5.41, 5.74) is -0.0123. The third kappa shape index (κ3) is 4.66. The number of rotatable bonds is 6. The molecule has 0 saturated heterocycles. The SMILES string of the molecule is COc1ccc(C(=O)OCC(=O)NCC2COc3ccccc3O2)cc1F. The molecular weight excluding hydrogens is 357 g/mol. The number of methoxy groups -OCH3 is 1. The van der Waals surface area contributed by atoms with Crippen LogP contribution in [0.15, 0.2) is 42.5 Å². The van der Waals surface area contributed by atoms with Crippen LogP contribution < -0.4 is 19.5 Å². The lowest BCUT2D eigenvalue weighted by Crippen LogP contribution is -2.42. The lowest BCUT2D eigenvalue weighted by Gasteiger charge is -2.26. The van der Waals surface area contributed by atoms with Gasteiger partial charge in [0, 0.05) is 0 Å². The van der Waals surface area contributed by atoms with Crippen LogP contribution in [-0.2, 0) is 9.53 Å². The largest absolute Gasteiger partial charge is 0.494 e. The zero-order chi connectivity index (χ0) is 19.2. The second-order valence-corrected chi connectivity index (χ2v) is 5.73. The van der Waals surface area contributed by atoms with E-state index in [0.29, 0.717) is 18.1 Å². The first-order valence-electron chi connectivity index (χ1n) is 8.22. The molecule has 2 aromatic carbocycles. The first-order chi connectivity index (χ1) is 13.1. The molecule has 27 heavy (non-hydrogen) atoms. The Morgan fingerprint density at radius 2 is 2.00 bits per heavy atom. The minimum absolute atomic E-state index is 0.0123. The lowest BCUT2D eigenvalue weighted by atomic mass is 10.2. The van der Waals surface area contributed by atoms with Crippen molar-refractivity contribution in [3.05, 3.63) is 53.8 Å². The number of amides is 1. The van der Waals surface area contributed by atoms with Crippen molar-refractivity contribution in [2.45, 2.75) is 6.10 Å². The van der Waals surface area contributed by atoms with Crippen molar-refractivity contribution in [3.8, 4) is 17.2 Å². The highest BCUT2D eigenvalue weighted by atomic mass is 19.1. The number of hydrogen-bond acceptors (Lipinski definition) is 6. The van der Waals surface area contributed by atoms with E-state index in [0.717, 1.165) is 6.07 Å². The van der Waals surface area contributed by atoms with Gasteiger partial charge in [-0.2, -0.15) is 0 Å². The Bertz CT molecular complexity index is 841. The van der Waals surface area contributed by atoms with Crippen molar-refractivity contribution < 1.29 is 32.9 Å². The zero-order valence-corrected chi connectivity index (χ0v) is 14.6. The van der Waals surface area contributed by atoms with Crippen molar-refractivity contribution in [3.63, 3.8) is 0 Å². The third-order valence-electron chi connectivity index (χ3n) is 3.82. The number of carbonyl (C=O) groups is 2. The molecule has 0 aromatic heterocycles. The third-order valence-corrected chi connectivity index (χ3v) is 3.82. The summed E-state index contributed by atoms with van der Waals surface area (Å²) in [6, 6.07) is 10.9. The highest BCUT2D eigenvalue weighted by Crippen LogP contribution is 2.30. The summed E-state index contributed by atoms with van der Waals surface area (Å²) in [4.78, 5) is 23.7. The summed E-state index contributed by atoms with van der Waals surface area (Å²) in [5, 5.41) is 2.60. The smallest absolute Gasteiger partial charge is 0.338 e. The number of halogens is 1. The van der Waals surface area contributed by atoms with Gasteiger partial charge in [0.25, 0.3) is 5.91 Å². The van der Waals surface area contributed by atoms with Crippen LogP contribution >= 0.6 is 0 Å². The van der Waals surface area contributed by atoms with Crippen LogP contribution in [0, 0.1) is 5.82 Å². The summed E-state index contributed by atoms with van der Waals surface area (Å²) < 4.78 is 34.5. The van der Waals surface area contributed by atoms with E-state index < -0.39 is 24.3 Å². The first-order valence-corrected chi connectivity index (χ1v) is 8.22. The Kier molecular flexibility index (Phi) is 5.75. The molecule has 8 heteroatoms. The Hall–Kier alpha value is -3.29. The highest BCUT2D eigenvalue weighted by molar-refractivity contribution is 5.91. The van der Waals surface area contributed by atoms with E-state index in [1.54, 1.807) is 12.1 Å². The van der Waals surface area contributed by atoms with E-state index in [-0.39, 0.29) is 24.0 Å². The zero-order valence-electron chi connectivity index (χ0n) is 14.6. The fourth-order valence-corrected chi connectivity index (χ4v) is 2.45. The van der Waals surface area contributed by atoms with Gasteiger partial charge in [0.2, 0.25) is 0 Å². The van der Waals surface area contributed by atoms with Crippen LogP contribution in [0.1, 0.15) is 10.4 Å². The molecular formula is C19H18FNO6. The van der Waals surface area contributed by atoms with Crippen molar-refractivity contribution in [2.24, 2.45) is 0 Å². The van der Waals surface area contributed by atoms with Gasteiger partial charge in [-0.05, 0) is 30.3 Å². The second-order valence-electron chi connectivity index (χ2n) is 5.73. The fourth-order valence-electron chi connectivity index (χ4n) is 2.45. The molecule has 7 nitrogen and oxygen atoms in total. The van der Waals surface area contributed by atoms with Crippen molar-refractivity contribution >= 4 is 11.9 Å². The van der Waals surface area contributed by atoms with Gasteiger partial charge in [0.1, 0.15) is 12.7 Å². The number of hydrogen-bond donors (Lipinski definition) is 1. The summed E-state index contributed by atoms with van der Waals surface area (Å²) >= 11 is 0. The maximum atomic E-state index is 13.6. The molecule has 1 aliphatic heterocycles. The van der Waals surface area contributed by atoms with E-state index >= 15 is 0 Å². The molecule has 0 fully saturated rings. The monoisotopic (exact) mass is 375 g/mol. The summed E-state index contributed by atoms with van der Waals surface area (Å²) in [5.74, 6) is -0.721. The van der Waals surface area contributed by atoms with Gasteiger partial charge in [0.05, 0.1) is 19.2 Å². The van der Waals surface area contributed by atoms with Crippen molar-refractivity contribution in [1.82, 2.24) is 5.32 Å². The minimum Gasteiger partial charge on any atom is -0.494 e. The Morgan fingerprint density at radius 3 is 2.74 bits per heavy atom. The van der Waals surface area contributed by atoms with Crippen molar-refractivity contribution in [2.75, 3.05) is 26.9 Å². The molecule has 3 rings (SSSR count). The molecule has 142 valence electrons.